The molecule has 174 valence electrons. The molecule has 4 rings (SSSR count). The minimum Gasteiger partial charge on any atom is -0.394 e. The molecule has 0 saturated carbocycles. The zero-order valence-corrected chi connectivity index (χ0v) is 18.5. The second-order valence-electron chi connectivity index (χ2n) is 8.11. The van der Waals surface area contributed by atoms with Gasteiger partial charge in [-0.1, -0.05) is 29.8 Å². The van der Waals surface area contributed by atoms with Crippen LogP contribution in [-0.4, -0.2) is 72.6 Å². The maximum Gasteiger partial charge on any atom is 0.129 e. The Labute approximate surface area is 195 Å². The number of pyridine rings is 2. The molecule has 3 heterocycles. The molecule has 9 heteroatoms. The highest BCUT2D eigenvalue weighted by molar-refractivity contribution is 6.29. The first-order valence-corrected chi connectivity index (χ1v) is 10.9. The van der Waals surface area contributed by atoms with Gasteiger partial charge in [0.15, 0.2) is 0 Å². The van der Waals surface area contributed by atoms with E-state index in [1.807, 2.05) is 37.3 Å². The van der Waals surface area contributed by atoms with Gasteiger partial charge in [-0.25, -0.2) is 4.98 Å². The summed E-state index contributed by atoms with van der Waals surface area (Å²) in [6.45, 7) is 1.26. The highest BCUT2D eigenvalue weighted by Crippen LogP contribution is 2.34. The van der Waals surface area contributed by atoms with E-state index in [9.17, 15) is 25.5 Å². The lowest BCUT2D eigenvalue weighted by molar-refractivity contribution is -0.250. The Balaban J connectivity index is 1.61. The van der Waals surface area contributed by atoms with Gasteiger partial charge in [0.25, 0.3) is 0 Å². The molecule has 2 aromatic heterocycles. The molecule has 0 unspecified atom stereocenters. The molecular formula is C24H25ClN2O6. The van der Waals surface area contributed by atoms with Crippen LogP contribution in [0.3, 0.4) is 0 Å². The highest BCUT2D eigenvalue weighted by atomic mass is 35.5. The van der Waals surface area contributed by atoms with Crippen LogP contribution in [0.4, 0.5) is 0 Å². The van der Waals surface area contributed by atoms with Gasteiger partial charge in [-0.15, -0.1) is 0 Å². The molecule has 0 radical (unpaired) electrons. The van der Waals surface area contributed by atoms with Crippen LogP contribution in [-0.2, 0) is 4.74 Å². The number of hydrogen-bond donors (Lipinski definition) is 5. The fourth-order valence-corrected chi connectivity index (χ4v) is 4.26. The van der Waals surface area contributed by atoms with Crippen LogP contribution in [0.25, 0.3) is 22.4 Å². The summed E-state index contributed by atoms with van der Waals surface area (Å²) in [6.07, 6.45) is -4.81. The standard InChI is InChI=1S/C24H25ClN2O6/c1-12-8-13(14-4-6-26-17(9-14)15-5-7-27-19(25)10-15)2-3-16(12)20(29)24-23(32)22(31)21(30)18(11-28)33-24/h2-10,18,20-24,28-32H,11H2,1H3/t18-,20-,21-,22+,23+,24-/m1/s1. The van der Waals surface area contributed by atoms with Gasteiger partial charge in [0.05, 0.1) is 12.3 Å². The molecule has 1 saturated heterocycles. The van der Waals surface area contributed by atoms with Crippen LogP contribution in [0.1, 0.15) is 17.2 Å². The number of aryl methyl sites for hydroxylation is 1. The first kappa shape index (κ1) is 23.7. The molecule has 3 aromatic rings. The number of nitrogens with zero attached hydrogens (tertiary/aromatic N) is 2. The summed E-state index contributed by atoms with van der Waals surface area (Å²) in [6, 6.07) is 12.8. The molecule has 1 fully saturated rings. The Morgan fingerprint density at radius 1 is 0.909 bits per heavy atom. The van der Waals surface area contributed by atoms with Gasteiger partial charge < -0.3 is 30.3 Å². The number of aliphatic hydroxyl groups is 5. The Morgan fingerprint density at radius 3 is 2.30 bits per heavy atom. The molecule has 0 spiro atoms. The average molecular weight is 473 g/mol. The van der Waals surface area contributed by atoms with Crippen molar-refractivity contribution in [3.63, 3.8) is 0 Å². The lowest BCUT2D eigenvalue weighted by atomic mass is 9.88. The van der Waals surface area contributed by atoms with E-state index in [1.54, 1.807) is 24.5 Å². The maximum absolute atomic E-state index is 10.9. The summed E-state index contributed by atoms with van der Waals surface area (Å²) in [7, 11) is 0. The molecule has 0 aliphatic carbocycles. The second-order valence-corrected chi connectivity index (χ2v) is 8.49. The summed E-state index contributed by atoms with van der Waals surface area (Å²) in [4.78, 5) is 8.40. The third-order valence-corrected chi connectivity index (χ3v) is 6.15. The topological polar surface area (TPSA) is 136 Å². The third kappa shape index (κ3) is 4.78. The van der Waals surface area contributed by atoms with E-state index in [2.05, 4.69) is 9.97 Å². The summed E-state index contributed by atoms with van der Waals surface area (Å²) in [5.74, 6) is 0. The Morgan fingerprint density at radius 2 is 1.61 bits per heavy atom. The molecule has 1 aliphatic rings. The smallest absolute Gasteiger partial charge is 0.129 e. The molecule has 8 nitrogen and oxygen atoms in total. The molecule has 1 aromatic carbocycles. The minimum absolute atomic E-state index is 0.377. The van der Waals surface area contributed by atoms with Crippen molar-refractivity contribution in [2.45, 2.75) is 43.5 Å². The van der Waals surface area contributed by atoms with E-state index in [0.717, 1.165) is 27.9 Å². The van der Waals surface area contributed by atoms with E-state index < -0.39 is 43.2 Å². The number of ether oxygens (including phenoxy) is 1. The van der Waals surface area contributed by atoms with Crippen molar-refractivity contribution in [2.24, 2.45) is 0 Å². The average Bonchev–Trinajstić information content (AvgIpc) is 2.82. The lowest BCUT2D eigenvalue weighted by Gasteiger charge is -2.42. The van der Waals surface area contributed by atoms with Crippen molar-refractivity contribution in [1.82, 2.24) is 9.97 Å². The predicted molar refractivity (Wildman–Crippen MR) is 121 cm³/mol. The fraction of sp³-hybridized carbons (Fsp3) is 0.333. The van der Waals surface area contributed by atoms with E-state index >= 15 is 0 Å². The normalized spacial score (nSPS) is 26.2. The highest BCUT2D eigenvalue weighted by Gasteiger charge is 2.46. The van der Waals surface area contributed by atoms with Crippen LogP contribution in [0.5, 0.6) is 0 Å². The van der Waals surface area contributed by atoms with E-state index in [4.69, 9.17) is 16.3 Å². The largest absolute Gasteiger partial charge is 0.394 e. The number of hydrogen-bond acceptors (Lipinski definition) is 8. The fourth-order valence-electron chi connectivity index (χ4n) is 4.09. The Kier molecular flexibility index (Phi) is 7.06. The van der Waals surface area contributed by atoms with Crippen molar-refractivity contribution in [1.29, 1.82) is 0 Å². The number of aliphatic hydroxyl groups excluding tert-OH is 5. The third-order valence-electron chi connectivity index (χ3n) is 5.94. The summed E-state index contributed by atoms with van der Waals surface area (Å²) in [5, 5.41) is 51.0. The molecule has 5 N–H and O–H groups in total. The van der Waals surface area contributed by atoms with Gasteiger partial charge in [-0.05, 0) is 53.4 Å². The molecule has 6 atom stereocenters. The number of halogens is 1. The van der Waals surface area contributed by atoms with Gasteiger partial charge in [0.1, 0.15) is 41.8 Å². The first-order valence-electron chi connectivity index (χ1n) is 10.5. The number of aromatic nitrogens is 2. The van der Waals surface area contributed by atoms with Crippen LogP contribution in [0.2, 0.25) is 5.15 Å². The zero-order valence-electron chi connectivity index (χ0n) is 17.8. The van der Waals surface area contributed by atoms with Crippen molar-refractivity contribution >= 4 is 11.6 Å². The second kappa shape index (κ2) is 9.82. The molecule has 1 aliphatic heterocycles. The monoisotopic (exact) mass is 472 g/mol. The summed E-state index contributed by atoms with van der Waals surface area (Å²) >= 11 is 5.99. The van der Waals surface area contributed by atoms with Crippen molar-refractivity contribution in [2.75, 3.05) is 6.61 Å². The zero-order chi connectivity index (χ0) is 23.7. The van der Waals surface area contributed by atoms with Gasteiger partial charge in [-0.2, -0.15) is 0 Å². The van der Waals surface area contributed by atoms with Gasteiger partial charge in [-0.3, -0.25) is 4.98 Å². The van der Waals surface area contributed by atoms with Gasteiger partial charge in [0.2, 0.25) is 0 Å². The molecular weight excluding hydrogens is 448 g/mol. The van der Waals surface area contributed by atoms with Crippen molar-refractivity contribution in [3.05, 3.63) is 71.1 Å². The summed E-state index contributed by atoms with van der Waals surface area (Å²) < 4.78 is 5.51. The van der Waals surface area contributed by atoms with Crippen LogP contribution in [0, 0.1) is 6.92 Å². The van der Waals surface area contributed by atoms with Crippen LogP contribution >= 0.6 is 11.6 Å². The van der Waals surface area contributed by atoms with Crippen LogP contribution < -0.4 is 0 Å². The summed E-state index contributed by atoms with van der Waals surface area (Å²) in [5.41, 5.74) is 4.61. The molecule has 0 amide bonds. The van der Waals surface area contributed by atoms with E-state index in [1.165, 1.54) is 0 Å². The minimum atomic E-state index is -1.55. The Bertz CT molecular complexity index is 1130. The first-order chi connectivity index (χ1) is 15.8. The van der Waals surface area contributed by atoms with Gasteiger partial charge >= 0.3 is 0 Å². The number of benzene rings is 1. The Hall–Kier alpha value is -2.43. The maximum atomic E-state index is 10.9. The quantitative estimate of drug-likeness (QED) is 0.354. The van der Waals surface area contributed by atoms with E-state index in [0.29, 0.717) is 10.7 Å². The predicted octanol–water partition coefficient (Wildman–Crippen LogP) is 1.65. The van der Waals surface area contributed by atoms with Crippen molar-refractivity contribution < 1.29 is 30.3 Å². The van der Waals surface area contributed by atoms with E-state index in [-0.39, 0.29) is 0 Å². The lowest BCUT2D eigenvalue weighted by Crippen LogP contribution is -2.59. The van der Waals surface area contributed by atoms with Crippen LogP contribution in [0.15, 0.2) is 54.9 Å². The molecule has 0 bridgehead atoms. The molecule has 33 heavy (non-hydrogen) atoms. The number of rotatable bonds is 5. The SMILES string of the molecule is Cc1cc(-c2ccnc(-c3ccnc(Cl)c3)c2)ccc1[C@@H](O)[C@H]1O[C@H](CO)[C@@H](O)[C@H](O)[C@@H]1O. The van der Waals surface area contributed by atoms with Crippen molar-refractivity contribution in [3.8, 4) is 22.4 Å². The van der Waals surface area contributed by atoms with Gasteiger partial charge in [0, 0.05) is 18.0 Å².